The highest BCUT2D eigenvalue weighted by Crippen LogP contribution is 2.11. The maximum absolute atomic E-state index is 4.13. The van der Waals surface area contributed by atoms with Gasteiger partial charge in [0.25, 0.3) is 0 Å². The Bertz CT molecular complexity index is 170. The summed E-state index contributed by atoms with van der Waals surface area (Å²) in [7, 11) is 2.10. The van der Waals surface area contributed by atoms with Gasteiger partial charge in [0.15, 0.2) is 0 Å². The van der Waals surface area contributed by atoms with Crippen LogP contribution in [-0.4, -0.2) is 24.2 Å². The highest BCUT2D eigenvalue weighted by molar-refractivity contribution is 5.66. The van der Waals surface area contributed by atoms with E-state index in [4.69, 9.17) is 0 Å². The molecule has 0 fully saturated rings. The molecule has 0 aromatic rings. The highest BCUT2D eigenvalue weighted by Gasteiger charge is 2.12. The zero-order valence-electron chi connectivity index (χ0n) is 6.83. The molecule has 2 heteroatoms. The standard InChI is InChI=1S/C8H14N2/c1-4-8-6-9-5-7(2)10(8)3/h5-6,8H,4H2,1-3H3. The fourth-order valence-electron chi connectivity index (χ4n) is 1.08. The second-order valence-electron chi connectivity index (χ2n) is 2.66. The van der Waals surface area contributed by atoms with Crippen LogP contribution in [0.25, 0.3) is 0 Å². The third kappa shape index (κ3) is 1.20. The Hall–Kier alpha value is -0.790. The summed E-state index contributed by atoms with van der Waals surface area (Å²) in [5.74, 6) is 0. The van der Waals surface area contributed by atoms with Crippen molar-refractivity contribution in [1.82, 2.24) is 4.90 Å². The lowest BCUT2D eigenvalue weighted by Crippen LogP contribution is -2.32. The van der Waals surface area contributed by atoms with Gasteiger partial charge in [-0.25, -0.2) is 0 Å². The van der Waals surface area contributed by atoms with Crippen LogP contribution in [-0.2, 0) is 0 Å². The van der Waals surface area contributed by atoms with Crippen molar-refractivity contribution >= 4 is 6.21 Å². The SMILES string of the molecule is CCC1C=NC=C(C)N1C. The number of hydrogen-bond acceptors (Lipinski definition) is 2. The Morgan fingerprint density at radius 2 is 2.40 bits per heavy atom. The van der Waals surface area contributed by atoms with Crippen LogP contribution < -0.4 is 0 Å². The average Bonchev–Trinajstić information content (AvgIpc) is 1.95. The summed E-state index contributed by atoms with van der Waals surface area (Å²) in [5.41, 5.74) is 1.24. The van der Waals surface area contributed by atoms with Crippen molar-refractivity contribution in [2.24, 2.45) is 4.99 Å². The van der Waals surface area contributed by atoms with E-state index in [-0.39, 0.29) is 0 Å². The number of aliphatic imine (C=N–C) groups is 1. The van der Waals surface area contributed by atoms with Crippen molar-refractivity contribution in [3.63, 3.8) is 0 Å². The van der Waals surface area contributed by atoms with Crippen LogP contribution in [0.15, 0.2) is 16.9 Å². The van der Waals surface area contributed by atoms with Crippen LogP contribution in [0.5, 0.6) is 0 Å². The fraction of sp³-hybridized carbons (Fsp3) is 0.625. The summed E-state index contributed by atoms with van der Waals surface area (Å²) < 4.78 is 0. The molecule has 0 bridgehead atoms. The topological polar surface area (TPSA) is 15.6 Å². The summed E-state index contributed by atoms with van der Waals surface area (Å²) >= 11 is 0. The Labute approximate surface area is 62.3 Å². The molecular weight excluding hydrogens is 124 g/mol. The molecular formula is C8H14N2. The molecule has 1 atom stereocenters. The molecule has 10 heavy (non-hydrogen) atoms. The third-order valence-electron chi connectivity index (χ3n) is 1.99. The quantitative estimate of drug-likeness (QED) is 0.538. The predicted octanol–water partition coefficient (Wildman–Crippen LogP) is 1.64. The van der Waals surface area contributed by atoms with Crippen LogP contribution in [0.3, 0.4) is 0 Å². The summed E-state index contributed by atoms with van der Waals surface area (Å²) in [6.07, 6.45) is 5.02. The first-order valence-electron chi connectivity index (χ1n) is 3.68. The summed E-state index contributed by atoms with van der Waals surface area (Å²) in [5, 5.41) is 0. The summed E-state index contributed by atoms with van der Waals surface area (Å²) in [6.45, 7) is 4.25. The van der Waals surface area contributed by atoms with Gasteiger partial charge in [0.1, 0.15) is 0 Å². The lowest BCUT2D eigenvalue weighted by atomic mass is 10.2. The summed E-state index contributed by atoms with van der Waals surface area (Å²) in [6, 6.07) is 0.505. The van der Waals surface area contributed by atoms with Gasteiger partial charge in [-0.15, -0.1) is 0 Å². The Balaban J connectivity index is 2.68. The maximum Gasteiger partial charge on any atom is 0.0636 e. The van der Waals surface area contributed by atoms with Gasteiger partial charge in [0.2, 0.25) is 0 Å². The van der Waals surface area contributed by atoms with Gasteiger partial charge in [-0.2, -0.15) is 0 Å². The molecule has 1 heterocycles. The van der Waals surface area contributed by atoms with Crippen LogP contribution in [0.2, 0.25) is 0 Å². The Morgan fingerprint density at radius 3 is 2.90 bits per heavy atom. The third-order valence-corrected chi connectivity index (χ3v) is 1.99. The van der Waals surface area contributed by atoms with Crippen LogP contribution in [0.4, 0.5) is 0 Å². The molecule has 0 aromatic carbocycles. The van der Waals surface area contributed by atoms with Gasteiger partial charge < -0.3 is 4.90 Å². The molecule has 1 rings (SSSR count). The van der Waals surface area contributed by atoms with E-state index < -0.39 is 0 Å². The van der Waals surface area contributed by atoms with Gasteiger partial charge >= 0.3 is 0 Å². The minimum absolute atomic E-state index is 0.505. The van der Waals surface area contributed by atoms with Crippen molar-refractivity contribution in [2.45, 2.75) is 26.3 Å². The van der Waals surface area contributed by atoms with E-state index in [1.807, 2.05) is 12.4 Å². The highest BCUT2D eigenvalue weighted by atomic mass is 15.2. The molecule has 0 aromatic heterocycles. The zero-order valence-corrected chi connectivity index (χ0v) is 6.83. The lowest BCUT2D eigenvalue weighted by molar-refractivity contribution is 0.362. The van der Waals surface area contributed by atoms with E-state index in [1.165, 1.54) is 5.70 Å². The molecule has 0 saturated heterocycles. The van der Waals surface area contributed by atoms with Crippen molar-refractivity contribution in [3.8, 4) is 0 Å². The molecule has 1 aliphatic heterocycles. The molecule has 56 valence electrons. The second kappa shape index (κ2) is 2.86. The number of allylic oxidation sites excluding steroid dienone is 1. The number of rotatable bonds is 1. The molecule has 0 N–H and O–H groups in total. The number of nitrogens with zero attached hydrogens (tertiary/aromatic N) is 2. The average molecular weight is 138 g/mol. The Kier molecular flexibility index (Phi) is 2.10. The van der Waals surface area contributed by atoms with E-state index in [0.717, 1.165) is 6.42 Å². The lowest BCUT2D eigenvalue weighted by Gasteiger charge is -2.28. The monoisotopic (exact) mass is 138 g/mol. The maximum atomic E-state index is 4.13. The van der Waals surface area contributed by atoms with Gasteiger partial charge in [-0.1, -0.05) is 6.92 Å². The van der Waals surface area contributed by atoms with Gasteiger partial charge in [0.05, 0.1) is 6.04 Å². The van der Waals surface area contributed by atoms with E-state index in [2.05, 4.69) is 30.8 Å². The largest absolute Gasteiger partial charge is 0.369 e. The zero-order chi connectivity index (χ0) is 7.56. The first kappa shape index (κ1) is 7.32. The minimum Gasteiger partial charge on any atom is -0.369 e. The van der Waals surface area contributed by atoms with E-state index in [1.54, 1.807) is 0 Å². The van der Waals surface area contributed by atoms with Crippen molar-refractivity contribution < 1.29 is 0 Å². The van der Waals surface area contributed by atoms with Gasteiger partial charge in [-0.3, -0.25) is 4.99 Å². The summed E-state index contributed by atoms with van der Waals surface area (Å²) in [4.78, 5) is 6.38. The van der Waals surface area contributed by atoms with Crippen LogP contribution >= 0.6 is 0 Å². The molecule has 2 nitrogen and oxygen atoms in total. The van der Waals surface area contributed by atoms with Gasteiger partial charge in [-0.05, 0) is 13.3 Å². The van der Waals surface area contributed by atoms with E-state index >= 15 is 0 Å². The predicted molar refractivity (Wildman–Crippen MR) is 44.1 cm³/mol. The first-order valence-corrected chi connectivity index (χ1v) is 3.68. The van der Waals surface area contributed by atoms with E-state index in [9.17, 15) is 0 Å². The minimum atomic E-state index is 0.505. The normalized spacial score (nSPS) is 24.9. The Morgan fingerprint density at radius 1 is 1.70 bits per heavy atom. The smallest absolute Gasteiger partial charge is 0.0636 e. The molecule has 0 amide bonds. The van der Waals surface area contributed by atoms with Crippen molar-refractivity contribution in [2.75, 3.05) is 7.05 Å². The first-order chi connectivity index (χ1) is 4.75. The molecule has 0 aliphatic carbocycles. The molecule has 1 unspecified atom stereocenters. The molecule has 0 saturated carbocycles. The molecule has 0 spiro atoms. The molecule has 0 radical (unpaired) electrons. The molecule has 1 aliphatic rings. The van der Waals surface area contributed by atoms with Crippen LogP contribution in [0.1, 0.15) is 20.3 Å². The number of hydrogen-bond donors (Lipinski definition) is 0. The van der Waals surface area contributed by atoms with Crippen molar-refractivity contribution in [3.05, 3.63) is 11.9 Å². The van der Waals surface area contributed by atoms with Crippen LogP contribution in [0, 0.1) is 0 Å². The van der Waals surface area contributed by atoms with Crippen molar-refractivity contribution in [1.29, 1.82) is 0 Å². The fourth-order valence-corrected chi connectivity index (χ4v) is 1.08. The van der Waals surface area contributed by atoms with E-state index in [0.29, 0.717) is 6.04 Å². The van der Waals surface area contributed by atoms with Gasteiger partial charge in [0, 0.05) is 25.2 Å². The second-order valence-corrected chi connectivity index (χ2v) is 2.66.